The number of carbonyl (C=O) groups is 1. The molecule has 0 radical (unpaired) electrons. The Bertz CT molecular complexity index is 867. The quantitative estimate of drug-likeness (QED) is 0.676. The lowest BCUT2D eigenvalue weighted by Crippen LogP contribution is -2.23. The molecule has 134 valence electrons. The molecular weight excluding hydrogens is 326 g/mol. The second-order valence-electron chi connectivity index (χ2n) is 6.70. The van der Waals surface area contributed by atoms with Crippen LogP contribution in [0.3, 0.4) is 0 Å². The highest BCUT2D eigenvalue weighted by molar-refractivity contribution is 5.94. The third-order valence-electron chi connectivity index (χ3n) is 4.77. The Hall–Kier alpha value is -3.08. The fourth-order valence-corrected chi connectivity index (χ4v) is 3.31. The van der Waals surface area contributed by atoms with Crippen LogP contribution in [0.2, 0.25) is 0 Å². The highest BCUT2D eigenvalue weighted by atomic mass is 16.5. The third-order valence-corrected chi connectivity index (χ3v) is 4.77. The topological polar surface area (TPSA) is 53.9 Å². The fourth-order valence-electron chi connectivity index (χ4n) is 3.31. The highest BCUT2D eigenvalue weighted by Gasteiger charge is 2.37. The molecule has 0 spiro atoms. The summed E-state index contributed by atoms with van der Waals surface area (Å²) < 4.78 is 5.09. The summed E-state index contributed by atoms with van der Waals surface area (Å²) in [4.78, 5) is 14.3. The molecule has 0 saturated heterocycles. The Morgan fingerprint density at radius 2 is 1.85 bits per heavy atom. The molecule has 0 aromatic heterocycles. The largest absolute Gasteiger partial charge is 0.497 e. The average Bonchev–Trinajstić information content (AvgIpc) is 2.85. The Kier molecular flexibility index (Phi) is 4.80. The number of fused-ring (bicyclic) bond motifs is 1. The summed E-state index contributed by atoms with van der Waals surface area (Å²) in [6.45, 7) is 4.37. The van der Waals surface area contributed by atoms with Crippen LogP contribution < -0.4 is 15.1 Å². The summed E-state index contributed by atoms with van der Waals surface area (Å²) in [5.41, 5.74) is 6.57. The first-order chi connectivity index (χ1) is 12.4. The van der Waals surface area contributed by atoms with E-state index in [0.717, 1.165) is 5.70 Å². The molecular formula is C21H23N3O2. The maximum Gasteiger partial charge on any atom is 0.271 e. The number of nitrogens with one attached hydrogen (secondary N) is 1. The number of nitrogens with zero attached hydrogens (tertiary/aromatic N) is 2. The van der Waals surface area contributed by atoms with Crippen LogP contribution in [0.4, 0.5) is 5.69 Å². The molecule has 0 aliphatic carbocycles. The average molecular weight is 349 g/mol. The Morgan fingerprint density at radius 3 is 2.50 bits per heavy atom. The zero-order valence-corrected chi connectivity index (χ0v) is 15.5. The number of hydrazone groups is 1. The number of carbonyl (C=O) groups excluding carboxylic acids is 1. The van der Waals surface area contributed by atoms with Gasteiger partial charge in [0.2, 0.25) is 0 Å². The molecule has 0 atom stereocenters. The molecule has 1 N–H and O–H groups in total. The van der Waals surface area contributed by atoms with Crippen molar-refractivity contribution < 1.29 is 9.53 Å². The molecule has 2 aromatic carbocycles. The number of benzene rings is 2. The first-order valence-corrected chi connectivity index (χ1v) is 8.46. The van der Waals surface area contributed by atoms with E-state index in [1.54, 1.807) is 37.6 Å². The zero-order valence-electron chi connectivity index (χ0n) is 15.5. The number of hydrogen-bond acceptors (Lipinski definition) is 4. The van der Waals surface area contributed by atoms with E-state index in [-0.39, 0.29) is 11.3 Å². The summed E-state index contributed by atoms with van der Waals surface area (Å²) in [6, 6.07) is 15.2. The molecule has 1 amide bonds. The molecule has 3 rings (SSSR count). The van der Waals surface area contributed by atoms with Crippen LogP contribution in [0.15, 0.2) is 65.4 Å². The van der Waals surface area contributed by atoms with Crippen molar-refractivity contribution in [3.8, 4) is 5.75 Å². The van der Waals surface area contributed by atoms with Gasteiger partial charge in [0.05, 0.1) is 7.11 Å². The summed E-state index contributed by atoms with van der Waals surface area (Å²) in [5, 5.41) is 4.06. The minimum atomic E-state index is -0.260. The van der Waals surface area contributed by atoms with Gasteiger partial charge in [-0.1, -0.05) is 32.0 Å². The molecule has 1 heterocycles. The van der Waals surface area contributed by atoms with Crippen LogP contribution in [0.1, 0.15) is 29.8 Å². The Labute approximate surface area is 154 Å². The standard InChI is InChI=1S/C21H23N3O2/c1-21(2)17-7-5-6-8-18(17)24(3)19(21)13-14-22-23-20(25)15-9-11-16(26-4)12-10-15/h5-14H,1-4H3,(H,23,25)/b19-13-,22-14-. The maximum atomic E-state index is 12.1. The van der Waals surface area contributed by atoms with E-state index in [1.807, 2.05) is 19.2 Å². The van der Waals surface area contributed by atoms with Crippen LogP contribution in [-0.2, 0) is 5.41 Å². The number of rotatable bonds is 4. The molecule has 5 nitrogen and oxygen atoms in total. The lowest BCUT2D eigenvalue weighted by atomic mass is 9.84. The van der Waals surface area contributed by atoms with E-state index in [0.29, 0.717) is 11.3 Å². The van der Waals surface area contributed by atoms with Crippen molar-refractivity contribution in [3.05, 3.63) is 71.4 Å². The Balaban J connectivity index is 1.70. The number of allylic oxidation sites excluding steroid dienone is 2. The zero-order chi connectivity index (χ0) is 18.7. The van der Waals surface area contributed by atoms with Gasteiger partial charge in [-0.2, -0.15) is 5.10 Å². The van der Waals surface area contributed by atoms with Gasteiger partial charge in [0.1, 0.15) is 5.75 Å². The van der Waals surface area contributed by atoms with Gasteiger partial charge in [0, 0.05) is 35.6 Å². The minimum absolute atomic E-state index is 0.114. The number of methoxy groups -OCH3 is 1. The van der Waals surface area contributed by atoms with Crippen LogP contribution in [0.25, 0.3) is 0 Å². The van der Waals surface area contributed by atoms with Crippen molar-refractivity contribution >= 4 is 17.8 Å². The van der Waals surface area contributed by atoms with Gasteiger partial charge in [0.15, 0.2) is 0 Å². The van der Waals surface area contributed by atoms with E-state index < -0.39 is 0 Å². The molecule has 2 aromatic rings. The van der Waals surface area contributed by atoms with Gasteiger partial charge in [-0.25, -0.2) is 5.43 Å². The van der Waals surface area contributed by atoms with Crippen molar-refractivity contribution in [1.82, 2.24) is 5.43 Å². The van der Waals surface area contributed by atoms with Gasteiger partial charge in [-0.15, -0.1) is 0 Å². The Morgan fingerprint density at radius 1 is 1.15 bits per heavy atom. The number of para-hydroxylation sites is 1. The van der Waals surface area contributed by atoms with Gasteiger partial charge in [-0.05, 0) is 42.0 Å². The monoisotopic (exact) mass is 349 g/mol. The number of likely N-dealkylation sites (N-methyl/N-ethyl adjacent to an activating group) is 1. The second kappa shape index (κ2) is 7.04. The number of ether oxygens (including phenoxy) is 1. The second-order valence-corrected chi connectivity index (χ2v) is 6.70. The van der Waals surface area contributed by atoms with Crippen molar-refractivity contribution in [2.24, 2.45) is 5.10 Å². The summed E-state index contributed by atoms with van der Waals surface area (Å²) in [7, 11) is 3.63. The SMILES string of the molecule is COc1ccc(C(=O)N/N=C\C=C2/N(C)c3ccccc3C2(C)C)cc1. The predicted octanol–water partition coefficient (Wildman–Crippen LogP) is 3.72. The third kappa shape index (κ3) is 3.20. The normalized spacial score (nSPS) is 16.8. The summed E-state index contributed by atoms with van der Waals surface area (Å²) >= 11 is 0. The first kappa shape index (κ1) is 17.7. The van der Waals surface area contributed by atoms with E-state index >= 15 is 0 Å². The molecule has 0 bridgehead atoms. The molecule has 5 heteroatoms. The lowest BCUT2D eigenvalue weighted by Gasteiger charge is -2.23. The number of anilines is 1. The van der Waals surface area contributed by atoms with Gasteiger partial charge >= 0.3 is 0 Å². The number of hydrogen-bond donors (Lipinski definition) is 1. The van der Waals surface area contributed by atoms with Crippen LogP contribution in [0.5, 0.6) is 5.75 Å². The van der Waals surface area contributed by atoms with Gasteiger partial charge in [0.25, 0.3) is 5.91 Å². The number of amides is 1. The molecule has 0 fully saturated rings. The molecule has 1 aliphatic rings. The van der Waals surface area contributed by atoms with Crippen LogP contribution in [-0.4, -0.2) is 26.3 Å². The summed E-state index contributed by atoms with van der Waals surface area (Å²) in [6.07, 6.45) is 3.56. The van der Waals surface area contributed by atoms with E-state index in [2.05, 4.69) is 47.5 Å². The van der Waals surface area contributed by atoms with E-state index in [1.165, 1.54) is 11.3 Å². The first-order valence-electron chi connectivity index (χ1n) is 8.46. The van der Waals surface area contributed by atoms with Crippen molar-refractivity contribution in [2.45, 2.75) is 19.3 Å². The van der Waals surface area contributed by atoms with Crippen LogP contribution >= 0.6 is 0 Å². The van der Waals surface area contributed by atoms with Crippen molar-refractivity contribution in [1.29, 1.82) is 0 Å². The van der Waals surface area contributed by atoms with Gasteiger partial charge in [-0.3, -0.25) is 4.79 Å². The van der Waals surface area contributed by atoms with Crippen molar-refractivity contribution in [2.75, 3.05) is 19.1 Å². The predicted molar refractivity (Wildman–Crippen MR) is 105 cm³/mol. The fraction of sp³-hybridized carbons (Fsp3) is 0.238. The smallest absolute Gasteiger partial charge is 0.271 e. The van der Waals surface area contributed by atoms with Gasteiger partial charge < -0.3 is 9.64 Å². The lowest BCUT2D eigenvalue weighted by molar-refractivity contribution is 0.0955. The van der Waals surface area contributed by atoms with Crippen LogP contribution in [0, 0.1) is 0 Å². The molecule has 0 unspecified atom stereocenters. The maximum absolute atomic E-state index is 12.1. The molecule has 0 saturated carbocycles. The van der Waals surface area contributed by atoms with E-state index in [9.17, 15) is 4.79 Å². The minimum Gasteiger partial charge on any atom is -0.497 e. The highest BCUT2D eigenvalue weighted by Crippen LogP contribution is 2.46. The summed E-state index contributed by atoms with van der Waals surface area (Å²) in [5.74, 6) is 0.450. The molecule has 26 heavy (non-hydrogen) atoms. The van der Waals surface area contributed by atoms with Crippen molar-refractivity contribution in [3.63, 3.8) is 0 Å². The molecule has 1 aliphatic heterocycles. The van der Waals surface area contributed by atoms with E-state index in [4.69, 9.17) is 4.74 Å².